The summed E-state index contributed by atoms with van der Waals surface area (Å²) in [7, 11) is 1.05. The van der Waals surface area contributed by atoms with Crippen LogP contribution in [-0.4, -0.2) is 21.0 Å². The van der Waals surface area contributed by atoms with E-state index in [0.29, 0.717) is 4.47 Å². The van der Waals surface area contributed by atoms with E-state index in [-0.39, 0.29) is 27.9 Å². The minimum Gasteiger partial charge on any atom is -0.395 e. The monoisotopic (exact) mass is 492 g/mol. The smallest absolute Gasteiger partial charge is 0.395 e. The van der Waals surface area contributed by atoms with Gasteiger partial charge in [-0.3, -0.25) is 0 Å². The molecule has 2 aromatic rings. The Bertz CT molecular complexity index is 1000. The van der Waals surface area contributed by atoms with E-state index in [4.69, 9.17) is 10.7 Å². The zero-order chi connectivity index (χ0) is 20.0. The highest BCUT2D eigenvalue weighted by molar-refractivity contribution is 9.10. The molecule has 27 heavy (non-hydrogen) atoms. The minimum absolute atomic E-state index is 0.0503. The number of benzene rings is 2. The zero-order valence-corrected chi connectivity index (χ0v) is 15.7. The summed E-state index contributed by atoms with van der Waals surface area (Å²) < 4.78 is 88.8. The largest absolute Gasteiger partial charge is 0.586 e. The van der Waals surface area contributed by atoms with E-state index < -0.39 is 21.6 Å². The Morgan fingerprint density at radius 2 is 1.22 bits per heavy atom. The molecule has 0 aliphatic carbocycles. The molecule has 2 aliphatic heterocycles. The Morgan fingerprint density at radius 1 is 0.778 bits per heavy atom. The van der Waals surface area contributed by atoms with Crippen molar-refractivity contribution in [1.29, 1.82) is 0 Å². The normalized spacial score (nSPS) is 17.9. The van der Waals surface area contributed by atoms with Gasteiger partial charge in [-0.2, -0.15) is 0 Å². The third-order valence-electron chi connectivity index (χ3n) is 3.02. The molecule has 0 saturated heterocycles. The molecule has 0 unspecified atom stereocenters. The van der Waals surface area contributed by atoms with E-state index in [1.165, 1.54) is 12.1 Å². The molecule has 2 heterocycles. The van der Waals surface area contributed by atoms with E-state index >= 15 is 0 Å². The second-order valence-corrected chi connectivity index (χ2v) is 8.45. The first kappa shape index (κ1) is 19.8. The summed E-state index contributed by atoms with van der Waals surface area (Å²) in [6, 6.07) is 7.41. The first-order valence-electron chi connectivity index (χ1n) is 6.75. The van der Waals surface area contributed by atoms with Crippen LogP contribution < -0.4 is 18.9 Å². The van der Waals surface area contributed by atoms with Gasteiger partial charge in [-0.15, -0.1) is 17.6 Å². The van der Waals surface area contributed by atoms with Crippen LogP contribution in [0, 0.1) is 0 Å². The molecule has 13 heteroatoms. The fourth-order valence-corrected chi connectivity index (χ4v) is 3.11. The number of hydrogen-bond donors (Lipinski definition) is 0. The fourth-order valence-electron chi connectivity index (χ4n) is 2.00. The van der Waals surface area contributed by atoms with Crippen LogP contribution in [0.25, 0.3) is 0 Å². The summed E-state index contributed by atoms with van der Waals surface area (Å²) in [5.41, 5.74) is 0. The Kier molecular flexibility index (Phi) is 4.85. The summed E-state index contributed by atoms with van der Waals surface area (Å²) in [5.74, 6) is -0.483. The maximum atomic E-state index is 12.5. The van der Waals surface area contributed by atoms with Crippen molar-refractivity contribution in [3.63, 3.8) is 0 Å². The number of rotatable bonds is 1. The quantitative estimate of drug-likeness (QED) is 0.423. The van der Waals surface area contributed by atoms with Crippen LogP contribution in [0.5, 0.6) is 23.0 Å². The number of halogens is 6. The van der Waals surface area contributed by atoms with Gasteiger partial charge in [0.15, 0.2) is 23.0 Å². The SMILES string of the molecule is FC1(F)Oc2ccc(Br)cc2O1.O=S(=O)(Cl)c1ccc2c(c1)OC(F)(F)O2. The minimum atomic E-state index is -3.97. The molecule has 6 nitrogen and oxygen atoms in total. The fraction of sp³-hybridized carbons (Fsp3) is 0.143. The van der Waals surface area contributed by atoms with Crippen molar-refractivity contribution in [1.82, 2.24) is 0 Å². The lowest BCUT2D eigenvalue weighted by atomic mass is 10.3. The van der Waals surface area contributed by atoms with Gasteiger partial charge in [-0.25, -0.2) is 8.42 Å². The first-order chi connectivity index (χ1) is 12.3. The topological polar surface area (TPSA) is 71.1 Å². The van der Waals surface area contributed by atoms with Crippen LogP contribution in [0.15, 0.2) is 45.8 Å². The zero-order valence-electron chi connectivity index (χ0n) is 12.6. The van der Waals surface area contributed by atoms with Gasteiger partial charge in [0.2, 0.25) is 0 Å². The van der Waals surface area contributed by atoms with Crippen molar-refractivity contribution in [2.24, 2.45) is 0 Å². The van der Waals surface area contributed by atoms with E-state index in [1.54, 1.807) is 6.07 Å². The summed E-state index contributed by atoms with van der Waals surface area (Å²) >= 11 is 3.12. The summed E-state index contributed by atoms with van der Waals surface area (Å²) in [4.78, 5) is -0.329. The second kappa shape index (κ2) is 6.60. The number of fused-ring (bicyclic) bond motifs is 2. The van der Waals surface area contributed by atoms with Crippen molar-refractivity contribution in [3.8, 4) is 23.0 Å². The molecule has 146 valence electrons. The molecule has 0 bridgehead atoms. The van der Waals surface area contributed by atoms with Gasteiger partial charge in [0.25, 0.3) is 9.05 Å². The van der Waals surface area contributed by atoms with Gasteiger partial charge < -0.3 is 18.9 Å². The molecule has 2 aromatic carbocycles. The van der Waals surface area contributed by atoms with Crippen molar-refractivity contribution >= 4 is 35.7 Å². The Labute approximate surface area is 162 Å². The summed E-state index contributed by atoms with van der Waals surface area (Å²) in [5, 5.41) is 0. The second-order valence-electron chi connectivity index (χ2n) is 4.97. The van der Waals surface area contributed by atoms with Gasteiger partial charge in [0.05, 0.1) is 4.90 Å². The van der Waals surface area contributed by atoms with Gasteiger partial charge in [-0.05, 0) is 30.3 Å². The van der Waals surface area contributed by atoms with Crippen molar-refractivity contribution in [3.05, 3.63) is 40.9 Å². The molecule has 2 aliphatic rings. The predicted molar refractivity (Wildman–Crippen MR) is 86.0 cm³/mol. The van der Waals surface area contributed by atoms with E-state index in [0.717, 1.165) is 18.2 Å². The van der Waals surface area contributed by atoms with Crippen molar-refractivity contribution in [2.45, 2.75) is 17.5 Å². The highest BCUT2D eigenvalue weighted by Gasteiger charge is 2.44. The van der Waals surface area contributed by atoms with E-state index in [1.807, 2.05) is 0 Å². The lowest BCUT2D eigenvalue weighted by Gasteiger charge is -2.04. The average Bonchev–Trinajstić information content (AvgIpc) is 2.98. The average molecular weight is 494 g/mol. The summed E-state index contributed by atoms with van der Waals surface area (Å²) in [6.07, 6.45) is -7.29. The Hall–Kier alpha value is -1.92. The number of ether oxygens (including phenoxy) is 4. The molecule has 0 saturated carbocycles. The van der Waals surface area contributed by atoms with Gasteiger partial charge in [0.1, 0.15) is 0 Å². The van der Waals surface area contributed by atoms with E-state index in [9.17, 15) is 26.0 Å². The molecule has 0 N–H and O–H groups in total. The van der Waals surface area contributed by atoms with Gasteiger partial charge >= 0.3 is 12.6 Å². The molecule has 0 spiro atoms. The van der Waals surface area contributed by atoms with Crippen molar-refractivity contribution < 1.29 is 44.9 Å². The van der Waals surface area contributed by atoms with Crippen LogP contribution in [0.2, 0.25) is 0 Å². The number of hydrogen-bond acceptors (Lipinski definition) is 6. The van der Waals surface area contributed by atoms with Crippen LogP contribution in [0.4, 0.5) is 17.6 Å². The van der Waals surface area contributed by atoms with Crippen LogP contribution in [0.1, 0.15) is 0 Å². The molecule has 0 amide bonds. The highest BCUT2D eigenvalue weighted by atomic mass is 79.9. The first-order valence-corrected chi connectivity index (χ1v) is 9.85. The third kappa shape index (κ3) is 4.68. The van der Waals surface area contributed by atoms with Gasteiger partial charge in [0, 0.05) is 21.2 Å². The Morgan fingerprint density at radius 3 is 1.74 bits per heavy atom. The maximum absolute atomic E-state index is 12.5. The van der Waals surface area contributed by atoms with Crippen LogP contribution in [0.3, 0.4) is 0 Å². The highest BCUT2D eigenvalue weighted by Crippen LogP contribution is 2.43. The standard InChI is InChI=1S/C7H3BrF2O2.C7H3ClF2O4S/c8-4-1-2-5-6(3-4)12-7(9,10)11-5;8-15(11,12)4-1-2-5-6(3-4)14-7(9,10)13-5/h1-3H;1-3H. The molecular formula is C14H6BrClF4O6S. The van der Waals surface area contributed by atoms with Crippen LogP contribution in [-0.2, 0) is 9.05 Å². The maximum Gasteiger partial charge on any atom is 0.586 e. The molecule has 0 fully saturated rings. The lowest BCUT2D eigenvalue weighted by molar-refractivity contribution is -0.287. The molecule has 0 aromatic heterocycles. The summed E-state index contributed by atoms with van der Waals surface area (Å²) in [6.45, 7) is 0. The number of alkyl halides is 4. The molecule has 4 rings (SSSR count). The molecule has 0 atom stereocenters. The Balaban J connectivity index is 0.000000159. The van der Waals surface area contributed by atoms with E-state index in [2.05, 4.69) is 34.9 Å². The third-order valence-corrected chi connectivity index (χ3v) is 4.86. The molecular weight excluding hydrogens is 488 g/mol. The van der Waals surface area contributed by atoms with Crippen LogP contribution >= 0.6 is 26.6 Å². The predicted octanol–water partition coefficient (Wildman–Crippen LogP) is 4.71. The lowest BCUT2D eigenvalue weighted by Crippen LogP contribution is -2.25. The van der Waals surface area contributed by atoms with Gasteiger partial charge in [-0.1, -0.05) is 15.9 Å². The van der Waals surface area contributed by atoms with Crippen molar-refractivity contribution in [2.75, 3.05) is 0 Å². The molecule has 0 radical (unpaired) electrons.